The van der Waals surface area contributed by atoms with E-state index in [1.807, 2.05) is 0 Å². The average molecular weight is 428 g/mol. The van der Waals surface area contributed by atoms with Crippen molar-refractivity contribution in [2.75, 3.05) is 11.9 Å². The molecule has 0 aromatic heterocycles. The van der Waals surface area contributed by atoms with E-state index in [0.717, 1.165) is 18.2 Å². The first-order valence-corrected chi connectivity index (χ1v) is 8.72. The molecule has 0 aliphatic carbocycles. The molecular weight excluding hydrogens is 415 g/mol. The Kier molecular flexibility index (Phi) is 5.27. The van der Waals surface area contributed by atoms with E-state index >= 15 is 0 Å². The normalized spacial score (nSPS) is 19.0. The zero-order valence-corrected chi connectivity index (χ0v) is 15.9. The van der Waals surface area contributed by atoms with Gasteiger partial charge in [0.1, 0.15) is 23.7 Å². The molecule has 28 heavy (non-hydrogen) atoms. The first-order valence-electron chi connectivity index (χ1n) is 7.96. The topological polar surface area (TPSA) is 78.5 Å². The lowest BCUT2D eigenvalue weighted by Crippen LogP contribution is -2.42. The molecule has 146 valence electrons. The molecule has 0 spiro atoms. The lowest BCUT2D eigenvalue weighted by atomic mass is 9.92. The van der Waals surface area contributed by atoms with Crippen LogP contribution in [0.5, 0.6) is 0 Å². The van der Waals surface area contributed by atoms with Crippen LogP contribution < -0.4 is 10.6 Å². The van der Waals surface area contributed by atoms with Gasteiger partial charge < -0.3 is 10.6 Å². The van der Waals surface area contributed by atoms with Crippen LogP contribution in [0.15, 0.2) is 36.4 Å². The molecule has 0 radical (unpaired) electrons. The molecule has 4 amide bonds. The van der Waals surface area contributed by atoms with Crippen LogP contribution >= 0.6 is 23.2 Å². The summed E-state index contributed by atoms with van der Waals surface area (Å²) in [5.41, 5.74) is -1.61. The molecule has 1 atom stereocenters. The summed E-state index contributed by atoms with van der Waals surface area (Å²) in [4.78, 5) is 37.9. The third kappa shape index (κ3) is 3.65. The summed E-state index contributed by atoms with van der Waals surface area (Å²) in [6.45, 7) is 0.744. The van der Waals surface area contributed by atoms with Gasteiger partial charge in [0.25, 0.3) is 5.91 Å². The molecule has 6 nitrogen and oxygen atoms in total. The van der Waals surface area contributed by atoms with Gasteiger partial charge in [0.05, 0.1) is 5.69 Å². The quantitative estimate of drug-likeness (QED) is 0.730. The van der Waals surface area contributed by atoms with Gasteiger partial charge in [-0.3, -0.25) is 14.5 Å². The van der Waals surface area contributed by atoms with Gasteiger partial charge in [-0.05, 0) is 31.2 Å². The van der Waals surface area contributed by atoms with E-state index in [1.165, 1.54) is 25.1 Å². The lowest BCUT2D eigenvalue weighted by molar-refractivity contribution is -0.133. The third-order valence-electron chi connectivity index (χ3n) is 4.25. The molecule has 2 aromatic carbocycles. The summed E-state index contributed by atoms with van der Waals surface area (Å²) in [5.74, 6) is -3.21. The van der Waals surface area contributed by atoms with Crippen molar-refractivity contribution in [2.24, 2.45) is 0 Å². The van der Waals surface area contributed by atoms with Crippen molar-refractivity contribution in [3.05, 3.63) is 63.6 Å². The number of rotatable bonds is 4. The highest BCUT2D eigenvalue weighted by Gasteiger charge is 2.50. The van der Waals surface area contributed by atoms with Crippen molar-refractivity contribution in [1.82, 2.24) is 10.2 Å². The molecule has 1 fully saturated rings. The zero-order chi connectivity index (χ0) is 20.6. The molecule has 2 N–H and O–H groups in total. The number of carbonyl (C=O) groups is 3. The number of anilines is 1. The number of amides is 4. The van der Waals surface area contributed by atoms with Crippen LogP contribution in [0, 0.1) is 11.6 Å². The molecule has 0 bridgehead atoms. The molecule has 1 saturated heterocycles. The van der Waals surface area contributed by atoms with E-state index in [-0.39, 0.29) is 5.02 Å². The van der Waals surface area contributed by atoms with Gasteiger partial charge in [0.15, 0.2) is 0 Å². The summed E-state index contributed by atoms with van der Waals surface area (Å²) in [5, 5.41) is 5.14. The predicted molar refractivity (Wildman–Crippen MR) is 99.0 cm³/mol. The van der Waals surface area contributed by atoms with Crippen LogP contribution in [0.2, 0.25) is 10.0 Å². The summed E-state index contributed by atoms with van der Waals surface area (Å²) in [6, 6.07) is 6.13. The number of nitrogens with zero attached hydrogens (tertiary/aromatic N) is 1. The maximum absolute atomic E-state index is 13.7. The average Bonchev–Trinajstić information content (AvgIpc) is 2.82. The second-order valence-corrected chi connectivity index (χ2v) is 7.09. The second-order valence-electron chi connectivity index (χ2n) is 6.24. The van der Waals surface area contributed by atoms with Crippen LogP contribution in [0.1, 0.15) is 12.5 Å². The van der Waals surface area contributed by atoms with Gasteiger partial charge in [0.2, 0.25) is 5.91 Å². The Morgan fingerprint density at radius 2 is 1.89 bits per heavy atom. The van der Waals surface area contributed by atoms with Crippen molar-refractivity contribution < 1.29 is 23.2 Å². The van der Waals surface area contributed by atoms with Gasteiger partial charge in [-0.25, -0.2) is 13.6 Å². The standard InChI is InChI=1S/C18H13Cl2F2N3O3/c1-18(11-4-2-9(19)6-12(11)20)16(27)25(17(28)24-18)8-15(26)23-14-7-10(21)3-5-13(14)22/h2-7H,8H2,1H3,(H,23,26)(H,24,28). The third-order valence-corrected chi connectivity index (χ3v) is 4.80. The summed E-state index contributed by atoms with van der Waals surface area (Å²) >= 11 is 12.0. The molecule has 3 rings (SSSR count). The maximum Gasteiger partial charge on any atom is 0.325 e. The van der Waals surface area contributed by atoms with Crippen molar-refractivity contribution in [3.8, 4) is 0 Å². The predicted octanol–water partition coefficient (Wildman–Crippen LogP) is 3.68. The van der Waals surface area contributed by atoms with E-state index in [4.69, 9.17) is 23.2 Å². The van der Waals surface area contributed by atoms with E-state index in [2.05, 4.69) is 10.6 Å². The van der Waals surface area contributed by atoms with Gasteiger partial charge in [-0.2, -0.15) is 0 Å². The van der Waals surface area contributed by atoms with Crippen LogP contribution in [-0.4, -0.2) is 29.3 Å². The number of carbonyl (C=O) groups excluding carboxylic acids is 3. The molecule has 1 aliphatic heterocycles. The monoisotopic (exact) mass is 427 g/mol. The molecule has 0 saturated carbocycles. The fourth-order valence-electron chi connectivity index (χ4n) is 2.84. The van der Waals surface area contributed by atoms with Crippen LogP contribution in [-0.2, 0) is 15.1 Å². The Labute approximate surface area is 168 Å². The lowest BCUT2D eigenvalue weighted by Gasteiger charge is -2.23. The van der Waals surface area contributed by atoms with E-state index in [0.29, 0.717) is 15.5 Å². The Morgan fingerprint density at radius 3 is 2.57 bits per heavy atom. The number of imide groups is 1. The molecule has 1 aliphatic rings. The molecule has 1 heterocycles. The number of urea groups is 1. The number of halogens is 4. The first-order chi connectivity index (χ1) is 13.1. The smallest absolute Gasteiger partial charge is 0.322 e. The minimum absolute atomic E-state index is 0.164. The summed E-state index contributed by atoms with van der Waals surface area (Å²) in [7, 11) is 0. The zero-order valence-electron chi connectivity index (χ0n) is 14.4. The van der Waals surface area contributed by atoms with Crippen LogP contribution in [0.4, 0.5) is 19.3 Å². The van der Waals surface area contributed by atoms with Crippen molar-refractivity contribution >= 4 is 46.7 Å². The van der Waals surface area contributed by atoms with Gasteiger partial charge in [-0.15, -0.1) is 0 Å². The maximum atomic E-state index is 13.7. The molecular formula is C18H13Cl2F2N3O3. The number of nitrogens with one attached hydrogen (secondary N) is 2. The Bertz CT molecular complexity index is 1000. The van der Waals surface area contributed by atoms with E-state index < -0.39 is 47.3 Å². The highest BCUT2D eigenvalue weighted by atomic mass is 35.5. The van der Waals surface area contributed by atoms with Gasteiger partial charge in [0, 0.05) is 21.7 Å². The molecule has 10 heteroatoms. The SMILES string of the molecule is CC1(c2ccc(Cl)cc2Cl)NC(=O)N(CC(=O)Nc2cc(F)ccc2F)C1=O. The van der Waals surface area contributed by atoms with Gasteiger partial charge >= 0.3 is 6.03 Å². The van der Waals surface area contributed by atoms with Crippen molar-refractivity contribution in [3.63, 3.8) is 0 Å². The minimum Gasteiger partial charge on any atom is -0.322 e. The van der Waals surface area contributed by atoms with Gasteiger partial charge in [-0.1, -0.05) is 29.3 Å². The minimum atomic E-state index is -1.51. The van der Waals surface area contributed by atoms with Crippen molar-refractivity contribution in [2.45, 2.75) is 12.5 Å². The number of benzene rings is 2. The fourth-order valence-corrected chi connectivity index (χ4v) is 3.44. The van der Waals surface area contributed by atoms with E-state index in [1.54, 1.807) is 0 Å². The molecule has 2 aromatic rings. The summed E-state index contributed by atoms with van der Waals surface area (Å²) in [6.07, 6.45) is 0. The van der Waals surface area contributed by atoms with Crippen LogP contribution in [0.25, 0.3) is 0 Å². The second kappa shape index (κ2) is 7.37. The first kappa shape index (κ1) is 20.0. The van der Waals surface area contributed by atoms with Crippen LogP contribution in [0.3, 0.4) is 0 Å². The number of hydrogen-bond donors (Lipinski definition) is 2. The highest BCUT2D eigenvalue weighted by Crippen LogP contribution is 2.34. The Balaban J connectivity index is 1.80. The fraction of sp³-hybridized carbons (Fsp3) is 0.167. The largest absolute Gasteiger partial charge is 0.325 e. The van der Waals surface area contributed by atoms with Crippen molar-refractivity contribution in [1.29, 1.82) is 0 Å². The molecule has 1 unspecified atom stereocenters. The Hall–Kier alpha value is -2.71. The number of hydrogen-bond acceptors (Lipinski definition) is 3. The summed E-state index contributed by atoms with van der Waals surface area (Å²) < 4.78 is 26.9. The highest BCUT2D eigenvalue weighted by molar-refractivity contribution is 6.35. The Morgan fingerprint density at radius 1 is 1.18 bits per heavy atom. The van der Waals surface area contributed by atoms with E-state index in [9.17, 15) is 23.2 Å².